The lowest BCUT2D eigenvalue weighted by molar-refractivity contribution is 1.01. The molecule has 0 fully saturated rings. The van der Waals surface area contributed by atoms with Crippen LogP contribution in [0.2, 0.25) is 0 Å². The maximum absolute atomic E-state index is 5.59. The van der Waals surface area contributed by atoms with Crippen LogP contribution in [0.4, 0.5) is 11.5 Å². The third-order valence-electron chi connectivity index (χ3n) is 1.38. The SMILES string of the molecule is CC.Cc1nc(C)c(N)c(NN)n1. The van der Waals surface area contributed by atoms with Gasteiger partial charge < -0.3 is 11.2 Å². The maximum atomic E-state index is 5.59. The van der Waals surface area contributed by atoms with Gasteiger partial charge in [-0.1, -0.05) is 13.8 Å². The Morgan fingerprint density at radius 1 is 1.15 bits per heavy atom. The Hall–Kier alpha value is -1.36. The number of anilines is 2. The van der Waals surface area contributed by atoms with E-state index in [4.69, 9.17) is 11.6 Å². The summed E-state index contributed by atoms with van der Waals surface area (Å²) in [6.45, 7) is 7.60. The number of nitrogens with zero attached hydrogens (tertiary/aromatic N) is 2. The van der Waals surface area contributed by atoms with Crippen molar-refractivity contribution < 1.29 is 0 Å². The highest BCUT2D eigenvalue weighted by Gasteiger charge is 2.03. The van der Waals surface area contributed by atoms with Crippen molar-refractivity contribution >= 4 is 11.5 Å². The van der Waals surface area contributed by atoms with Crippen molar-refractivity contribution in [3.63, 3.8) is 0 Å². The predicted molar refractivity (Wildman–Crippen MR) is 55.1 cm³/mol. The fraction of sp³-hybridized carbons (Fsp3) is 0.500. The van der Waals surface area contributed by atoms with Crippen LogP contribution in [0.5, 0.6) is 0 Å². The molecular weight excluding hydrogens is 166 g/mol. The molecule has 0 aliphatic carbocycles. The molecule has 1 heterocycles. The van der Waals surface area contributed by atoms with Crippen LogP contribution in [-0.2, 0) is 0 Å². The van der Waals surface area contributed by atoms with Gasteiger partial charge in [0.25, 0.3) is 0 Å². The van der Waals surface area contributed by atoms with E-state index in [-0.39, 0.29) is 0 Å². The lowest BCUT2D eigenvalue weighted by atomic mass is 10.3. The maximum Gasteiger partial charge on any atom is 0.167 e. The van der Waals surface area contributed by atoms with Gasteiger partial charge in [-0.25, -0.2) is 15.8 Å². The van der Waals surface area contributed by atoms with Gasteiger partial charge >= 0.3 is 0 Å². The van der Waals surface area contributed by atoms with Crippen LogP contribution in [0.15, 0.2) is 0 Å². The monoisotopic (exact) mass is 183 g/mol. The molecule has 0 radical (unpaired) electrons. The highest BCUT2D eigenvalue weighted by atomic mass is 15.3. The van der Waals surface area contributed by atoms with E-state index in [0.29, 0.717) is 17.3 Å². The van der Waals surface area contributed by atoms with Crippen LogP contribution in [0.1, 0.15) is 25.4 Å². The van der Waals surface area contributed by atoms with Crippen molar-refractivity contribution in [3.05, 3.63) is 11.5 Å². The second-order valence-electron chi connectivity index (χ2n) is 2.26. The Kier molecular flexibility index (Phi) is 4.76. The van der Waals surface area contributed by atoms with E-state index in [1.165, 1.54) is 0 Å². The van der Waals surface area contributed by atoms with Crippen molar-refractivity contribution in [2.75, 3.05) is 11.2 Å². The molecule has 0 spiro atoms. The topological polar surface area (TPSA) is 89.8 Å². The van der Waals surface area contributed by atoms with Crippen LogP contribution < -0.4 is 17.0 Å². The molecule has 1 aromatic rings. The number of aryl methyl sites for hydroxylation is 2. The molecule has 5 nitrogen and oxygen atoms in total. The Morgan fingerprint density at radius 3 is 2.15 bits per heavy atom. The van der Waals surface area contributed by atoms with Gasteiger partial charge in [-0.05, 0) is 13.8 Å². The number of aromatic nitrogens is 2. The average Bonchev–Trinajstić information content (AvgIpc) is 2.14. The molecule has 0 bridgehead atoms. The normalized spacial score (nSPS) is 8.69. The van der Waals surface area contributed by atoms with Gasteiger partial charge in [0.1, 0.15) is 5.82 Å². The zero-order valence-electron chi connectivity index (χ0n) is 8.55. The van der Waals surface area contributed by atoms with Gasteiger partial charge in [-0.2, -0.15) is 0 Å². The van der Waals surface area contributed by atoms with Crippen LogP contribution in [0.25, 0.3) is 0 Å². The van der Waals surface area contributed by atoms with Gasteiger partial charge in [0.2, 0.25) is 0 Å². The van der Waals surface area contributed by atoms with E-state index in [0.717, 1.165) is 5.69 Å². The van der Waals surface area contributed by atoms with Gasteiger partial charge in [-0.15, -0.1) is 0 Å². The molecule has 0 aliphatic heterocycles. The third kappa shape index (κ3) is 2.87. The van der Waals surface area contributed by atoms with Crippen LogP contribution in [-0.4, -0.2) is 9.97 Å². The number of nitrogens with one attached hydrogen (secondary N) is 1. The number of nitrogen functional groups attached to an aromatic ring is 2. The van der Waals surface area contributed by atoms with Crippen LogP contribution in [0, 0.1) is 13.8 Å². The average molecular weight is 183 g/mol. The molecule has 1 aromatic heterocycles. The first kappa shape index (κ1) is 11.6. The molecule has 0 saturated carbocycles. The predicted octanol–water partition coefficient (Wildman–Crippen LogP) is 0.987. The minimum atomic E-state index is 0.481. The largest absolute Gasteiger partial charge is 0.394 e. The Morgan fingerprint density at radius 2 is 1.69 bits per heavy atom. The van der Waals surface area contributed by atoms with Gasteiger partial charge in [0, 0.05) is 0 Å². The standard InChI is InChI=1S/C6H11N5.C2H6/c1-3-5(7)6(11-8)10-4(2)9-3;1-2/h7-8H2,1-2H3,(H,9,10,11);1-2H3. The summed E-state index contributed by atoms with van der Waals surface area (Å²) in [6, 6.07) is 0. The summed E-state index contributed by atoms with van der Waals surface area (Å²) in [5, 5.41) is 0. The van der Waals surface area contributed by atoms with E-state index in [1.54, 1.807) is 6.92 Å². The van der Waals surface area contributed by atoms with Crippen molar-refractivity contribution in [1.29, 1.82) is 0 Å². The first-order valence-electron chi connectivity index (χ1n) is 4.22. The fourth-order valence-corrected chi connectivity index (χ4v) is 0.831. The van der Waals surface area contributed by atoms with Crippen LogP contribution >= 0.6 is 0 Å². The molecule has 0 aromatic carbocycles. The summed E-state index contributed by atoms with van der Waals surface area (Å²) >= 11 is 0. The Labute approximate surface area is 78.5 Å². The third-order valence-corrected chi connectivity index (χ3v) is 1.38. The molecule has 13 heavy (non-hydrogen) atoms. The second kappa shape index (κ2) is 5.31. The van der Waals surface area contributed by atoms with Crippen molar-refractivity contribution in [2.24, 2.45) is 5.84 Å². The van der Waals surface area contributed by atoms with Crippen molar-refractivity contribution in [2.45, 2.75) is 27.7 Å². The number of hydrogen-bond acceptors (Lipinski definition) is 5. The second-order valence-corrected chi connectivity index (χ2v) is 2.26. The molecule has 5 N–H and O–H groups in total. The van der Waals surface area contributed by atoms with Crippen molar-refractivity contribution in [3.8, 4) is 0 Å². The van der Waals surface area contributed by atoms with E-state index >= 15 is 0 Å². The molecule has 0 atom stereocenters. The van der Waals surface area contributed by atoms with E-state index in [9.17, 15) is 0 Å². The lowest BCUT2D eigenvalue weighted by Gasteiger charge is -2.05. The number of hydrogen-bond donors (Lipinski definition) is 3. The lowest BCUT2D eigenvalue weighted by Crippen LogP contribution is -2.13. The zero-order chi connectivity index (χ0) is 10.4. The van der Waals surface area contributed by atoms with Gasteiger partial charge in [0.05, 0.1) is 11.4 Å². The summed E-state index contributed by atoms with van der Waals surface area (Å²) in [6.07, 6.45) is 0. The highest BCUT2D eigenvalue weighted by Crippen LogP contribution is 2.16. The molecule has 0 aliphatic rings. The van der Waals surface area contributed by atoms with Gasteiger partial charge in [-0.3, -0.25) is 0 Å². The molecule has 5 heteroatoms. The molecular formula is C8H17N5. The first-order valence-corrected chi connectivity index (χ1v) is 4.22. The summed E-state index contributed by atoms with van der Waals surface area (Å²) in [5.41, 5.74) is 9.23. The molecule has 1 rings (SSSR count). The summed E-state index contributed by atoms with van der Waals surface area (Å²) in [7, 11) is 0. The summed E-state index contributed by atoms with van der Waals surface area (Å²) in [4.78, 5) is 8.03. The minimum absolute atomic E-state index is 0.481. The van der Waals surface area contributed by atoms with Crippen LogP contribution in [0.3, 0.4) is 0 Å². The molecule has 0 saturated heterocycles. The smallest absolute Gasteiger partial charge is 0.167 e. The number of hydrazine groups is 1. The van der Waals surface area contributed by atoms with E-state index < -0.39 is 0 Å². The van der Waals surface area contributed by atoms with Gasteiger partial charge in [0.15, 0.2) is 5.82 Å². The quantitative estimate of drug-likeness (QED) is 0.446. The summed E-state index contributed by atoms with van der Waals surface area (Å²) < 4.78 is 0. The minimum Gasteiger partial charge on any atom is -0.394 e. The first-order chi connectivity index (χ1) is 6.15. The Bertz CT molecular complexity index is 271. The zero-order valence-corrected chi connectivity index (χ0v) is 8.55. The Balaban J connectivity index is 0.000000671. The molecule has 74 valence electrons. The number of nitrogens with two attached hydrogens (primary N) is 2. The van der Waals surface area contributed by atoms with Crippen molar-refractivity contribution in [1.82, 2.24) is 9.97 Å². The molecule has 0 unspecified atom stereocenters. The summed E-state index contributed by atoms with van der Waals surface area (Å²) in [5.74, 6) is 6.31. The fourth-order valence-electron chi connectivity index (χ4n) is 0.831. The number of rotatable bonds is 1. The highest BCUT2D eigenvalue weighted by molar-refractivity contribution is 5.62. The molecule has 0 amide bonds. The van der Waals surface area contributed by atoms with E-state index in [1.807, 2.05) is 20.8 Å². The van der Waals surface area contributed by atoms with E-state index in [2.05, 4.69) is 15.4 Å².